The number of aryl methyl sites for hydroxylation is 2. The number of nitrogens with zero attached hydrogens (tertiary/aromatic N) is 4. The van der Waals surface area contributed by atoms with Crippen LogP contribution in [0, 0.1) is 20.8 Å². The zero-order chi connectivity index (χ0) is 20.3. The molecule has 3 rings (SSSR count). The number of ketones is 1. The zero-order valence-corrected chi connectivity index (χ0v) is 16.6. The first-order valence-corrected chi connectivity index (χ1v) is 9.10. The molecule has 0 saturated heterocycles. The minimum Gasteiger partial charge on any atom is -0.454 e. The average Bonchev–Trinajstić information content (AvgIpc) is 3.16. The van der Waals surface area contributed by atoms with Crippen molar-refractivity contribution in [2.24, 2.45) is 0 Å². The van der Waals surface area contributed by atoms with Crippen molar-refractivity contribution in [2.45, 2.75) is 33.7 Å². The van der Waals surface area contributed by atoms with Gasteiger partial charge in [0.15, 0.2) is 12.3 Å². The van der Waals surface area contributed by atoms with Crippen LogP contribution in [0.4, 0.5) is 0 Å². The molecule has 0 radical (unpaired) electrons. The summed E-state index contributed by atoms with van der Waals surface area (Å²) in [5.41, 5.74) is 3.62. The van der Waals surface area contributed by atoms with Crippen molar-refractivity contribution >= 4 is 17.4 Å². The van der Waals surface area contributed by atoms with Gasteiger partial charge in [0.05, 0.1) is 5.69 Å². The van der Waals surface area contributed by atoms with Gasteiger partial charge in [-0.1, -0.05) is 0 Å². The number of fused-ring (bicyclic) bond motifs is 1. The molecule has 0 aromatic carbocycles. The van der Waals surface area contributed by atoms with Gasteiger partial charge in [-0.15, -0.1) is 0 Å². The molecule has 3 heterocycles. The maximum absolute atomic E-state index is 12.6. The number of hydrogen-bond donors (Lipinski definition) is 0. The van der Waals surface area contributed by atoms with Gasteiger partial charge in [-0.05, 0) is 39.3 Å². The summed E-state index contributed by atoms with van der Waals surface area (Å²) >= 11 is 0. The second-order valence-corrected chi connectivity index (χ2v) is 6.63. The number of carbonyl (C=O) groups excluding carboxylic acids is 2. The Kier molecular flexibility index (Phi) is 5.89. The van der Waals surface area contributed by atoms with E-state index in [-0.39, 0.29) is 18.0 Å². The maximum Gasteiger partial charge on any atom is 0.344 e. The lowest BCUT2D eigenvalue weighted by Gasteiger charge is -2.09. The monoisotopic (exact) mass is 384 g/mol. The highest BCUT2D eigenvalue weighted by Crippen LogP contribution is 2.18. The van der Waals surface area contributed by atoms with Crippen LogP contribution in [0.15, 0.2) is 24.5 Å². The van der Waals surface area contributed by atoms with E-state index >= 15 is 0 Å². The molecule has 0 N–H and O–H groups in total. The lowest BCUT2D eigenvalue weighted by molar-refractivity contribution is 0.0475. The van der Waals surface area contributed by atoms with Crippen LogP contribution < -0.4 is 0 Å². The SMILES string of the molecule is COCCCn1c(C)cc(C(=O)COC(=O)c2c(C)nn3cccnc23)c1C. The van der Waals surface area contributed by atoms with E-state index < -0.39 is 5.97 Å². The van der Waals surface area contributed by atoms with Crippen molar-refractivity contribution in [1.82, 2.24) is 19.2 Å². The summed E-state index contributed by atoms with van der Waals surface area (Å²) in [6.45, 7) is 6.66. The third kappa shape index (κ3) is 3.82. The van der Waals surface area contributed by atoms with Crippen molar-refractivity contribution in [2.75, 3.05) is 20.3 Å². The van der Waals surface area contributed by atoms with Crippen LogP contribution >= 0.6 is 0 Å². The molecule has 0 amide bonds. The number of rotatable bonds is 8. The summed E-state index contributed by atoms with van der Waals surface area (Å²) in [5, 5.41) is 4.24. The van der Waals surface area contributed by atoms with Crippen LogP contribution in [-0.2, 0) is 16.0 Å². The Morgan fingerprint density at radius 3 is 2.75 bits per heavy atom. The number of Topliss-reactive ketones (excluding diaryl/α,β-unsaturated/α-hetero) is 1. The van der Waals surface area contributed by atoms with Gasteiger partial charge in [0.25, 0.3) is 0 Å². The van der Waals surface area contributed by atoms with Gasteiger partial charge in [-0.3, -0.25) is 4.79 Å². The fraction of sp³-hybridized carbons (Fsp3) is 0.400. The van der Waals surface area contributed by atoms with Gasteiger partial charge < -0.3 is 14.0 Å². The smallest absolute Gasteiger partial charge is 0.344 e. The molecule has 0 atom stereocenters. The number of carbonyl (C=O) groups is 2. The van der Waals surface area contributed by atoms with Crippen LogP contribution in [0.25, 0.3) is 5.65 Å². The summed E-state index contributed by atoms with van der Waals surface area (Å²) in [5.74, 6) is -0.838. The van der Waals surface area contributed by atoms with E-state index in [1.807, 2.05) is 19.9 Å². The lowest BCUT2D eigenvalue weighted by atomic mass is 10.1. The standard InChI is InChI=1S/C20H24N4O4/c1-13-11-16(15(3)23(13)8-6-10-27-4)17(25)12-28-20(26)18-14(2)22-24-9-5-7-21-19(18)24/h5,7,9,11H,6,8,10,12H2,1-4H3. The van der Waals surface area contributed by atoms with Gasteiger partial charge in [-0.2, -0.15) is 5.10 Å². The molecule has 3 aromatic rings. The number of aromatic nitrogens is 4. The average molecular weight is 384 g/mol. The van der Waals surface area contributed by atoms with E-state index in [1.54, 1.807) is 32.5 Å². The van der Waals surface area contributed by atoms with E-state index in [4.69, 9.17) is 9.47 Å². The minimum absolute atomic E-state index is 0.235. The molecule has 0 aliphatic heterocycles. The molecule has 0 fully saturated rings. The summed E-state index contributed by atoms with van der Waals surface area (Å²) in [6.07, 6.45) is 4.14. The summed E-state index contributed by atoms with van der Waals surface area (Å²) in [7, 11) is 1.67. The van der Waals surface area contributed by atoms with Gasteiger partial charge in [-0.25, -0.2) is 14.3 Å². The van der Waals surface area contributed by atoms with Gasteiger partial charge >= 0.3 is 5.97 Å². The van der Waals surface area contributed by atoms with Gasteiger partial charge in [0.1, 0.15) is 5.56 Å². The molecule has 8 nitrogen and oxygen atoms in total. The Hall–Kier alpha value is -3.00. The number of hydrogen-bond acceptors (Lipinski definition) is 6. The molecule has 0 spiro atoms. The molecular weight excluding hydrogens is 360 g/mol. The minimum atomic E-state index is -0.603. The second kappa shape index (κ2) is 8.35. The van der Waals surface area contributed by atoms with Crippen LogP contribution in [0.2, 0.25) is 0 Å². The molecule has 148 valence electrons. The Morgan fingerprint density at radius 2 is 2.00 bits per heavy atom. The normalized spacial score (nSPS) is 11.1. The molecule has 28 heavy (non-hydrogen) atoms. The van der Waals surface area contributed by atoms with Crippen LogP contribution in [0.1, 0.15) is 44.2 Å². The zero-order valence-electron chi connectivity index (χ0n) is 16.6. The van der Waals surface area contributed by atoms with Crippen LogP contribution in [-0.4, -0.2) is 51.2 Å². The summed E-state index contributed by atoms with van der Waals surface area (Å²) in [6, 6.07) is 3.56. The predicted octanol–water partition coefficient (Wildman–Crippen LogP) is 2.53. The molecular formula is C20H24N4O4. The first-order chi connectivity index (χ1) is 13.4. The Bertz CT molecular complexity index is 1020. The van der Waals surface area contributed by atoms with Gasteiger partial charge in [0.2, 0.25) is 5.78 Å². The van der Waals surface area contributed by atoms with Crippen LogP contribution in [0.3, 0.4) is 0 Å². The van der Waals surface area contributed by atoms with Crippen molar-refractivity contribution in [1.29, 1.82) is 0 Å². The molecule has 0 bridgehead atoms. The fourth-order valence-corrected chi connectivity index (χ4v) is 3.31. The third-order valence-corrected chi connectivity index (χ3v) is 4.71. The molecule has 3 aromatic heterocycles. The topological polar surface area (TPSA) is 87.7 Å². The van der Waals surface area contributed by atoms with Crippen molar-refractivity contribution in [3.63, 3.8) is 0 Å². The first-order valence-electron chi connectivity index (χ1n) is 9.10. The Balaban J connectivity index is 1.71. The molecule has 0 aliphatic rings. The molecule has 0 saturated carbocycles. The van der Waals surface area contributed by atoms with E-state index in [9.17, 15) is 9.59 Å². The molecule has 0 aliphatic carbocycles. The molecule has 8 heteroatoms. The first kappa shape index (κ1) is 19.8. The maximum atomic E-state index is 12.6. The van der Waals surface area contributed by atoms with Crippen LogP contribution in [0.5, 0.6) is 0 Å². The highest BCUT2D eigenvalue weighted by Gasteiger charge is 2.22. The number of ether oxygens (including phenoxy) is 2. The van der Waals surface area contributed by atoms with E-state index in [0.717, 1.165) is 24.4 Å². The Morgan fingerprint density at radius 1 is 1.21 bits per heavy atom. The number of esters is 1. The summed E-state index contributed by atoms with van der Waals surface area (Å²) in [4.78, 5) is 29.3. The van der Waals surface area contributed by atoms with Crippen molar-refractivity contribution in [3.8, 4) is 0 Å². The van der Waals surface area contributed by atoms with Crippen molar-refractivity contribution in [3.05, 3.63) is 52.7 Å². The quantitative estimate of drug-likeness (QED) is 0.337. The van der Waals surface area contributed by atoms with Gasteiger partial charge in [0, 0.05) is 49.6 Å². The van der Waals surface area contributed by atoms with E-state index in [0.29, 0.717) is 23.5 Å². The predicted molar refractivity (Wildman–Crippen MR) is 103 cm³/mol. The number of methoxy groups -OCH3 is 1. The van der Waals surface area contributed by atoms with E-state index in [2.05, 4.69) is 14.6 Å². The highest BCUT2D eigenvalue weighted by atomic mass is 16.5. The highest BCUT2D eigenvalue weighted by molar-refractivity contribution is 6.02. The lowest BCUT2D eigenvalue weighted by Crippen LogP contribution is -2.16. The van der Waals surface area contributed by atoms with E-state index in [1.165, 1.54) is 4.52 Å². The fourth-order valence-electron chi connectivity index (χ4n) is 3.31. The second-order valence-electron chi connectivity index (χ2n) is 6.63. The largest absolute Gasteiger partial charge is 0.454 e. The van der Waals surface area contributed by atoms with Crippen molar-refractivity contribution < 1.29 is 19.1 Å². The Labute approximate surface area is 163 Å². The summed E-state index contributed by atoms with van der Waals surface area (Å²) < 4.78 is 14.0. The molecule has 0 unspecified atom stereocenters. The third-order valence-electron chi connectivity index (χ3n) is 4.71.